The molecule has 0 aromatic rings. The lowest BCUT2D eigenvalue weighted by atomic mass is 9.64. The van der Waals surface area contributed by atoms with Crippen molar-refractivity contribution < 1.29 is 4.74 Å². The first kappa shape index (κ1) is 11.3. The molecule has 15 heavy (non-hydrogen) atoms. The second-order valence-corrected chi connectivity index (χ2v) is 6.48. The molecular formula is C11H20N2OS. The fourth-order valence-electron chi connectivity index (χ4n) is 2.24. The van der Waals surface area contributed by atoms with Gasteiger partial charge in [0, 0.05) is 23.8 Å². The zero-order valence-electron chi connectivity index (χ0n) is 9.91. The second kappa shape index (κ2) is 3.98. The summed E-state index contributed by atoms with van der Waals surface area (Å²) in [6.45, 7) is 7.68. The number of nitrogens with zero attached hydrogens (tertiary/aromatic N) is 1. The Morgan fingerprint density at radius 1 is 1.53 bits per heavy atom. The number of thioether (sulfide) groups is 1. The number of hydrogen-bond donors (Lipinski definition) is 1. The van der Waals surface area contributed by atoms with Crippen LogP contribution in [0.5, 0.6) is 0 Å². The molecule has 2 aliphatic rings. The Labute approximate surface area is 96.1 Å². The summed E-state index contributed by atoms with van der Waals surface area (Å²) in [5.41, 5.74) is 0.226. The monoisotopic (exact) mass is 228 g/mol. The van der Waals surface area contributed by atoms with E-state index in [1.165, 1.54) is 0 Å². The van der Waals surface area contributed by atoms with Crippen molar-refractivity contribution in [2.24, 2.45) is 10.4 Å². The zero-order chi connectivity index (χ0) is 11.1. The third-order valence-corrected chi connectivity index (χ3v) is 4.59. The fraction of sp³-hybridized carbons (Fsp3) is 0.909. The summed E-state index contributed by atoms with van der Waals surface area (Å²) in [5, 5.41) is 5.29. The van der Waals surface area contributed by atoms with Crippen molar-refractivity contribution >= 4 is 16.9 Å². The Morgan fingerprint density at radius 3 is 2.73 bits per heavy atom. The summed E-state index contributed by atoms with van der Waals surface area (Å²) >= 11 is 1.85. The summed E-state index contributed by atoms with van der Waals surface area (Å²) in [4.78, 5) is 4.48. The molecule has 4 heteroatoms. The molecule has 0 radical (unpaired) electrons. The first-order valence-electron chi connectivity index (χ1n) is 5.54. The zero-order valence-corrected chi connectivity index (χ0v) is 10.7. The standard InChI is InChI=1S/C11H20N2OS/c1-7-6-12-10(15-7)13-8-5-9(14-4)11(8,2)3/h7-9H,5-6H2,1-4H3,(H,12,13). The topological polar surface area (TPSA) is 33.6 Å². The molecule has 1 saturated carbocycles. The molecule has 3 atom stereocenters. The van der Waals surface area contributed by atoms with Gasteiger partial charge in [-0.2, -0.15) is 0 Å². The van der Waals surface area contributed by atoms with Gasteiger partial charge < -0.3 is 10.1 Å². The summed E-state index contributed by atoms with van der Waals surface area (Å²) in [6, 6.07) is 0.513. The van der Waals surface area contributed by atoms with Crippen LogP contribution in [0.3, 0.4) is 0 Å². The Hall–Kier alpha value is -0.220. The van der Waals surface area contributed by atoms with Crippen LogP contribution in [0.4, 0.5) is 0 Å². The van der Waals surface area contributed by atoms with Crippen molar-refractivity contribution in [2.45, 2.75) is 44.6 Å². The molecule has 0 amide bonds. The van der Waals surface area contributed by atoms with E-state index in [2.05, 4.69) is 31.1 Å². The molecule has 0 aromatic heterocycles. The van der Waals surface area contributed by atoms with Gasteiger partial charge in [-0.1, -0.05) is 32.5 Å². The van der Waals surface area contributed by atoms with Crippen LogP contribution in [-0.2, 0) is 4.74 Å². The van der Waals surface area contributed by atoms with Crippen molar-refractivity contribution in [1.29, 1.82) is 0 Å². The average Bonchev–Trinajstić information content (AvgIpc) is 2.58. The smallest absolute Gasteiger partial charge is 0.157 e. The van der Waals surface area contributed by atoms with Gasteiger partial charge in [-0.05, 0) is 6.42 Å². The highest BCUT2D eigenvalue weighted by molar-refractivity contribution is 8.14. The molecule has 1 fully saturated rings. The second-order valence-electron chi connectivity index (χ2n) is 5.05. The van der Waals surface area contributed by atoms with Crippen LogP contribution in [-0.4, -0.2) is 36.2 Å². The Bertz CT molecular complexity index is 278. The van der Waals surface area contributed by atoms with Crippen LogP contribution in [0, 0.1) is 5.41 Å². The Balaban J connectivity index is 1.87. The summed E-state index contributed by atoms with van der Waals surface area (Å²) < 4.78 is 5.43. The third kappa shape index (κ3) is 2.02. The molecule has 0 spiro atoms. The van der Waals surface area contributed by atoms with E-state index in [4.69, 9.17) is 4.74 Å². The molecule has 3 nitrogen and oxygen atoms in total. The largest absolute Gasteiger partial charge is 0.381 e. The number of methoxy groups -OCH3 is 1. The van der Waals surface area contributed by atoms with E-state index in [1.54, 1.807) is 7.11 Å². The maximum atomic E-state index is 5.43. The van der Waals surface area contributed by atoms with Gasteiger partial charge in [0.25, 0.3) is 0 Å². The number of rotatable bonds is 2. The number of nitrogens with one attached hydrogen (secondary N) is 1. The number of amidine groups is 1. The highest BCUT2D eigenvalue weighted by Gasteiger charge is 2.49. The number of aliphatic imine (C=N–C) groups is 1. The molecule has 1 aliphatic carbocycles. The highest BCUT2D eigenvalue weighted by Crippen LogP contribution is 2.42. The van der Waals surface area contributed by atoms with Gasteiger partial charge >= 0.3 is 0 Å². The van der Waals surface area contributed by atoms with Gasteiger partial charge in [-0.3, -0.25) is 4.99 Å². The molecular weight excluding hydrogens is 208 g/mol. The lowest BCUT2D eigenvalue weighted by Crippen LogP contribution is -2.61. The molecule has 1 aliphatic heterocycles. The van der Waals surface area contributed by atoms with E-state index in [0.29, 0.717) is 17.4 Å². The minimum absolute atomic E-state index is 0.226. The van der Waals surface area contributed by atoms with Crippen LogP contribution in [0.15, 0.2) is 4.99 Å². The molecule has 0 bridgehead atoms. The lowest BCUT2D eigenvalue weighted by molar-refractivity contribution is -0.0917. The summed E-state index contributed by atoms with van der Waals surface area (Å²) in [6.07, 6.45) is 1.48. The first-order valence-corrected chi connectivity index (χ1v) is 6.42. The van der Waals surface area contributed by atoms with Crippen LogP contribution < -0.4 is 5.32 Å². The van der Waals surface area contributed by atoms with E-state index in [9.17, 15) is 0 Å². The molecule has 3 unspecified atom stereocenters. The average molecular weight is 228 g/mol. The lowest BCUT2D eigenvalue weighted by Gasteiger charge is -2.51. The van der Waals surface area contributed by atoms with Gasteiger partial charge in [0.1, 0.15) is 0 Å². The predicted molar refractivity (Wildman–Crippen MR) is 65.5 cm³/mol. The van der Waals surface area contributed by atoms with Crippen LogP contribution in [0.25, 0.3) is 0 Å². The molecule has 0 saturated heterocycles. The van der Waals surface area contributed by atoms with E-state index >= 15 is 0 Å². The van der Waals surface area contributed by atoms with Crippen molar-refractivity contribution in [2.75, 3.05) is 13.7 Å². The molecule has 86 valence electrons. The van der Waals surface area contributed by atoms with Gasteiger partial charge in [-0.25, -0.2) is 0 Å². The van der Waals surface area contributed by atoms with Crippen LogP contribution >= 0.6 is 11.8 Å². The predicted octanol–water partition coefficient (Wildman–Crippen LogP) is 1.88. The van der Waals surface area contributed by atoms with Gasteiger partial charge in [0.05, 0.1) is 12.6 Å². The highest BCUT2D eigenvalue weighted by atomic mass is 32.2. The molecule has 2 rings (SSSR count). The van der Waals surface area contributed by atoms with E-state index < -0.39 is 0 Å². The number of ether oxygens (including phenoxy) is 1. The quantitative estimate of drug-likeness (QED) is 0.783. The van der Waals surface area contributed by atoms with E-state index in [1.807, 2.05) is 11.8 Å². The molecule has 0 aromatic carbocycles. The number of hydrogen-bond acceptors (Lipinski definition) is 4. The molecule has 1 N–H and O–H groups in total. The maximum Gasteiger partial charge on any atom is 0.157 e. The SMILES string of the molecule is COC1CC(NC2=NCC(C)S2)C1(C)C. The normalized spacial score (nSPS) is 38.4. The third-order valence-electron chi connectivity index (χ3n) is 3.56. The Morgan fingerprint density at radius 2 is 2.27 bits per heavy atom. The van der Waals surface area contributed by atoms with Gasteiger partial charge in [0.15, 0.2) is 5.17 Å². The molecule has 1 heterocycles. The van der Waals surface area contributed by atoms with Crippen molar-refractivity contribution in [3.8, 4) is 0 Å². The van der Waals surface area contributed by atoms with E-state index in [-0.39, 0.29) is 5.41 Å². The summed E-state index contributed by atoms with van der Waals surface area (Å²) in [7, 11) is 1.80. The van der Waals surface area contributed by atoms with Crippen LogP contribution in [0.2, 0.25) is 0 Å². The first-order chi connectivity index (χ1) is 7.04. The van der Waals surface area contributed by atoms with Gasteiger partial charge in [0.2, 0.25) is 0 Å². The van der Waals surface area contributed by atoms with E-state index in [0.717, 1.165) is 18.1 Å². The maximum absolute atomic E-state index is 5.43. The summed E-state index contributed by atoms with van der Waals surface area (Å²) in [5.74, 6) is 0. The van der Waals surface area contributed by atoms with Crippen molar-refractivity contribution in [3.05, 3.63) is 0 Å². The minimum atomic E-state index is 0.226. The van der Waals surface area contributed by atoms with Gasteiger partial charge in [-0.15, -0.1) is 0 Å². The fourth-order valence-corrected chi connectivity index (χ4v) is 3.13. The van der Waals surface area contributed by atoms with Crippen molar-refractivity contribution in [1.82, 2.24) is 5.32 Å². The van der Waals surface area contributed by atoms with Crippen molar-refractivity contribution in [3.63, 3.8) is 0 Å². The van der Waals surface area contributed by atoms with Crippen LogP contribution in [0.1, 0.15) is 27.2 Å². The Kier molecular flexibility index (Phi) is 2.99. The minimum Gasteiger partial charge on any atom is -0.381 e.